The molecule has 0 spiro atoms. The first-order valence-corrected chi connectivity index (χ1v) is 8.65. The Hall–Kier alpha value is -0.390. The van der Waals surface area contributed by atoms with Crippen molar-refractivity contribution < 1.29 is 0 Å². The average molecular weight is 343 g/mol. The molecule has 1 aliphatic heterocycles. The summed E-state index contributed by atoms with van der Waals surface area (Å²) < 4.78 is 3.36. The lowest BCUT2D eigenvalue weighted by molar-refractivity contribution is 0.169. The van der Waals surface area contributed by atoms with Gasteiger partial charge < -0.3 is 5.73 Å². The zero-order valence-corrected chi connectivity index (χ0v) is 14.3. The maximum absolute atomic E-state index is 5.66. The fourth-order valence-electron chi connectivity index (χ4n) is 3.05. The molecule has 0 amide bonds. The summed E-state index contributed by atoms with van der Waals surface area (Å²) >= 11 is 3.74. The van der Waals surface area contributed by atoms with E-state index in [2.05, 4.69) is 44.5 Å². The first-order chi connectivity index (χ1) is 9.69. The molecule has 0 radical (unpaired) electrons. The van der Waals surface area contributed by atoms with Crippen LogP contribution >= 0.6 is 15.9 Å². The van der Waals surface area contributed by atoms with Gasteiger partial charge in [0.2, 0.25) is 0 Å². The zero-order valence-electron chi connectivity index (χ0n) is 12.7. The standard InChI is InChI=1S/C15H27BrN4/c1-3-13-15(16)14(20(4-2)18-13)11-19-9-6-12(5-8-17)7-10-19/h12H,3-11,17H2,1-2H3. The number of rotatable bonds is 6. The Morgan fingerprint density at radius 2 is 2.00 bits per heavy atom. The Morgan fingerprint density at radius 3 is 2.55 bits per heavy atom. The van der Waals surface area contributed by atoms with Gasteiger partial charge in [-0.05, 0) is 74.1 Å². The second kappa shape index (κ2) is 7.57. The highest BCUT2D eigenvalue weighted by Crippen LogP contribution is 2.26. The van der Waals surface area contributed by atoms with Crippen molar-refractivity contribution in [1.82, 2.24) is 14.7 Å². The van der Waals surface area contributed by atoms with E-state index in [9.17, 15) is 0 Å². The lowest BCUT2D eigenvalue weighted by Crippen LogP contribution is -2.34. The summed E-state index contributed by atoms with van der Waals surface area (Å²) in [7, 11) is 0. The van der Waals surface area contributed by atoms with Crippen molar-refractivity contribution >= 4 is 15.9 Å². The van der Waals surface area contributed by atoms with Gasteiger partial charge in [-0.2, -0.15) is 5.10 Å². The number of hydrogen-bond donors (Lipinski definition) is 1. The largest absolute Gasteiger partial charge is 0.330 e. The van der Waals surface area contributed by atoms with E-state index in [0.717, 1.165) is 32.0 Å². The third-order valence-corrected chi connectivity index (χ3v) is 5.26. The molecule has 1 saturated heterocycles. The van der Waals surface area contributed by atoms with E-state index >= 15 is 0 Å². The van der Waals surface area contributed by atoms with E-state index in [1.165, 1.54) is 48.2 Å². The number of aromatic nitrogens is 2. The molecule has 1 aromatic heterocycles. The normalized spacial score (nSPS) is 17.8. The maximum atomic E-state index is 5.66. The molecule has 0 bridgehead atoms. The second-order valence-electron chi connectivity index (χ2n) is 5.67. The molecule has 1 aromatic rings. The van der Waals surface area contributed by atoms with Gasteiger partial charge in [0.15, 0.2) is 0 Å². The summed E-state index contributed by atoms with van der Waals surface area (Å²) in [5.41, 5.74) is 8.18. The lowest BCUT2D eigenvalue weighted by Gasteiger charge is -2.31. The molecule has 1 aliphatic rings. The molecule has 0 unspecified atom stereocenters. The topological polar surface area (TPSA) is 47.1 Å². The van der Waals surface area contributed by atoms with Crippen LogP contribution in [-0.4, -0.2) is 34.3 Å². The fraction of sp³-hybridized carbons (Fsp3) is 0.800. The molecule has 2 N–H and O–H groups in total. The van der Waals surface area contributed by atoms with E-state index in [4.69, 9.17) is 5.73 Å². The van der Waals surface area contributed by atoms with Crippen LogP contribution in [0.25, 0.3) is 0 Å². The summed E-state index contributed by atoms with van der Waals surface area (Å²) in [6.45, 7) is 9.49. The maximum Gasteiger partial charge on any atom is 0.0767 e. The van der Waals surface area contributed by atoms with Crippen LogP contribution < -0.4 is 5.73 Å². The first kappa shape index (κ1) is 16.0. The van der Waals surface area contributed by atoms with Crippen LogP contribution in [0, 0.1) is 5.92 Å². The van der Waals surface area contributed by atoms with Crippen molar-refractivity contribution in [2.45, 2.75) is 52.6 Å². The van der Waals surface area contributed by atoms with Crippen LogP contribution in [0.2, 0.25) is 0 Å². The molecule has 2 rings (SSSR count). The van der Waals surface area contributed by atoms with E-state index in [1.807, 2.05) is 0 Å². The third kappa shape index (κ3) is 3.62. The predicted molar refractivity (Wildman–Crippen MR) is 86.7 cm³/mol. The van der Waals surface area contributed by atoms with Gasteiger partial charge in [-0.15, -0.1) is 0 Å². The highest BCUT2D eigenvalue weighted by molar-refractivity contribution is 9.10. The number of nitrogens with zero attached hydrogens (tertiary/aromatic N) is 3. The zero-order chi connectivity index (χ0) is 14.5. The van der Waals surface area contributed by atoms with Gasteiger partial charge in [0.05, 0.1) is 15.9 Å². The molecule has 0 atom stereocenters. The number of piperidine rings is 1. The van der Waals surface area contributed by atoms with Crippen molar-refractivity contribution in [2.75, 3.05) is 19.6 Å². The van der Waals surface area contributed by atoms with Gasteiger partial charge in [0.1, 0.15) is 0 Å². The SMILES string of the molecule is CCc1nn(CC)c(CN2CCC(CCN)CC2)c1Br. The van der Waals surface area contributed by atoms with Crippen molar-refractivity contribution in [2.24, 2.45) is 11.7 Å². The van der Waals surface area contributed by atoms with E-state index in [0.29, 0.717) is 0 Å². The van der Waals surface area contributed by atoms with Gasteiger partial charge in [-0.3, -0.25) is 9.58 Å². The number of aryl methyl sites for hydroxylation is 2. The van der Waals surface area contributed by atoms with Crippen molar-refractivity contribution in [3.8, 4) is 0 Å². The third-order valence-electron chi connectivity index (χ3n) is 4.35. The molecule has 1 fully saturated rings. The highest BCUT2D eigenvalue weighted by atomic mass is 79.9. The first-order valence-electron chi connectivity index (χ1n) is 7.86. The van der Waals surface area contributed by atoms with Gasteiger partial charge >= 0.3 is 0 Å². The summed E-state index contributed by atoms with van der Waals surface area (Å²) in [4.78, 5) is 2.56. The van der Waals surface area contributed by atoms with Gasteiger partial charge in [-0.1, -0.05) is 6.92 Å². The minimum atomic E-state index is 0.832. The van der Waals surface area contributed by atoms with Crippen LogP contribution in [0.15, 0.2) is 4.47 Å². The molecule has 4 nitrogen and oxygen atoms in total. The quantitative estimate of drug-likeness (QED) is 0.864. The fourth-order valence-corrected chi connectivity index (χ4v) is 3.74. The number of hydrogen-bond acceptors (Lipinski definition) is 3. The second-order valence-corrected chi connectivity index (χ2v) is 6.47. The highest BCUT2D eigenvalue weighted by Gasteiger charge is 2.22. The van der Waals surface area contributed by atoms with Crippen LogP contribution in [0.1, 0.15) is 44.5 Å². The molecule has 0 aromatic carbocycles. The molecular formula is C15H27BrN4. The number of likely N-dealkylation sites (tertiary alicyclic amines) is 1. The Bertz CT molecular complexity index is 422. The van der Waals surface area contributed by atoms with Gasteiger partial charge in [-0.25, -0.2) is 0 Å². The number of halogens is 1. The van der Waals surface area contributed by atoms with Crippen molar-refractivity contribution in [1.29, 1.82) is 0 Å². The molecule has 5 heteroatoms. The molecule has 2 heterocycles. The molecule has 114 valence electrons. The molecule has 0 aliphatic carbocycles. The smallest absolute Gasteiger partial charge is 0.0767 e. The summed E-state index contributed by atoms with van der Waals surface area (Å²) in [6.07, 6.45) is 4.75. The van der Waals surface area contributed by atoms with Crippen molar-refractivity contribution in [3.63, 3.8) is 0 Å². The average Bonchev–Trinajstić information content (AvgIpc) is 2.77. The Kier molecular flexibility index (Phi) is 6.05. The molecule has 0 saturated carbocycles. The Labute approximate surface area is 130 Å². The van der Waals surface area contributed by atoms with Crippen LogP contribution in [0.3, 0.4) is 0 Å². The Morgan fingerprint density at radius 1 is 1.30 bits per heavy atom. The predicted octanol–water partition coefficient (Wildman–Crippen LogP) is 2.79. The minimum Gasteiger partial charge on any atom is -0.330 e. The van der Waals surface area contributed by atoms with Crippen LogP contribution in [0.4, 0.5) is 0 Å². The number of nitrogens with two attached hydrogens (primary N) is 1. The lowest BCUT2D eigenvalue weighted by atomic mass is 9.93. The monoisotopic (exact) mass is 342 g/mol. The minimum absolute atomic E-state index is 0.832. The van der Waals surface area contributed by atoms with Crippen LogP contribution in [-0.2, 0) is 19.5 Å². The van der Waals surface area contributed by atoms with E-state index in [-0.39, 0.29) is 0 Å². The van der Waals surface area contributed by atoms with Crippen molar-refractivity contribution in [3.05, 3.63) is 15.9 Å². The summed E-state index contributed by atoms with van der Waals surface area (Å²) in [5.74, 6) is 0.835. The van der Waals surface area contributed by atoms with Gasteiger partial charge in [0, 0.05) is 13.1 Å². The molecular weight excluding hydrogens is 316 g/mol. The van der Waals surface area contributed by atoms with E-state index in [1.54, 1.807) is 0 Å². The summed E-state index contributed by atoms with van der Waals surface area (Å²) in [5, 5.41) is 4.68. The van der Waals surface area contributed by atoms with E-state index < -0.39 is 0 Å². The van der Waals surface area contributed by atoms with Crippen LogP contribution in [0.5, 0.6) is 0 Å². The van der Waals surface area contributed by atoms with Gasteiger partial charge in [0.25, 0.3) is 0 Å². The Balaban J connectivity index is 1.99. The summed E-state index contributed by atoms with van der Waals surface area (Å²) in [6, 6.07) is 0. The molecule has 20 heavy (non-hydrogen) atoms.